The van der Waals surface area contributed by atoms with E-state index in [0.29, 0.717) is 37.9 Å². The normalized spacial score (nSPS) is 12.6. The maximum atomic E-state index is 6.12. The van der Waals surface area contributed by atoms with Crippen LogP contribution in [0.3, 0.4) is 0 Å². The highest BCUT2D eigenvalue weighted by molar-refractivity contribution is 6.39. The summed E-state index contributed by atoms with van der Waals surface area (Å²) in [5, 5.41) is 2.06. The van der Waals surface area contributed by atoms with Crippen LogP contribution in [0.2, 0.25) is 20.1 Å². The van der Waals surface area contributed by atoms with E-state index in [-0.39, 0.29) is 0 Å². The van der Waals surface area contributed by atoms with Crippen molar-refractivity contribution in [3.05, 3.63) is 56.5 Å². The van der Waals surface area contributed by atoms with Crippen molar-refractivity contribution in [3.8, 4) is 0 Å². The van der Waals surface area contributed by atoms with E-state index >= 15 is 0 Å². The lowest BCUT2D eigenvalue weighted by atomic mass is 10.2. The predicted molar refractivity (Wildman–Crippen MR) is 103 cm³/mol. The van der Waals surface area contributed by atoms with Crippen LogP contribution in [0.25, 0.3) is 0 Å². The minimum Gasteiger partial charge on any atom is -0.255 e. The summed E-state index contributed by atoms with van der Waals surface area (Å²) in [5.41, 5.74) is 2.81. The number of para-hydroxylation sites is 2. The number of hydrogen-bond donors (Lipinski definition) is 0. The van der Waals surface area contributed by atoms with Gasteiger partial charge in [-0.25, -0.2) is 0 Å². The predicted octanol–water partition coefficient (Wildman–Crippen LogP) is 7.58. The minimum absolute atomic E-state index is 0.514. The van der Waals surface area contributed by atoms with E-state index in [4.69, 9.17) is 46.4 Å². The first-order valence-electron chi connectivity index (χ1n) is 6.85. The van der Waals surface area contributed by atoms with Crippen LogP contribution in [0.1, 0.15) is 20.3 Å². The van der Waals surface area contributed by atoms with Gasteiger partial charge >= 0.3 is 0 Å². The summed E-state index contributed by atoms with van der Waals surface area (Å²) in [4.78, 5) is 8.98. The molecule has 0 aliphatic carbocycles. The van der Waals surface area contributed by atoms with Crippen molar-refractivity contribution < 1.29 is 0 Å². The van der Waals surface area contributed by atoms with E-state index < -0.39 is 0 Å². The van der Waals surface area contributed by atoms with Crippen LogP contribution in [-0.2, 0) is 0 Å². The van der Waals surface area contributed by atoms with Gasteiger partial charge in [0.2, 0.25) is 0 Å². The Bertz CT molecular complexity index is 676. The Kier molecular flexibility index (Phi) is 6.49. The van der Waals surface area contributed by atoms with E-state index in [2.05, 4.69) is 9.98 Å². The molecule has 0 unspecified atom stereocenters. The molecule has 0 spiro atoms. The highest BCUT2D eigenvalue weighted by atomic mass is 35.5. The maximum absolute atomic E-state index is 6.12. The molecule has 0 bridgehead atoms. The van der Waals surface area contributed by atoms with Gasteiger partial charge in [0.25, 0.3) is 0 Å². The van der Waals surface area contributed by atoms with Crippen LogP contribution < -0.4 is 0 Å². The van der Waals surface area contributed by atoms with Gasteiger partial charge in [-0.15, -0.1) is 0 Å². The molecule has 2 nitrogen and oxygen atoms in total. The largest absolute Gasteiger partial charge is 0.255 e. The zero-order chi connectivity index (χ0) is 17.0. The average Bonchev–Trinajstić information content (AvgIpc) is 2.47. The molecule has 0 atom stereocenters. The molecule has 0 saturated carbocycles. The Morgan fingerprint density at radius 1 is 0.696 bits per heavy atom. The molecule has 6 heteroatoms. The molecule has 0 fully saturated rings. The molecule has 0 amide bonds. The van der Waals surface area contributed by atoms with Gasteiger partial charge in [-0.1, -0.05) is 58.5 Å². The SMILES string of the molecule is CC(CC(C)=Nc1c(Cl)cccc1Cl)=Nc1c(Cl)cccc1Cl. The Morgan fingerprint density at radius 2 is 1.00 bits per heavy atom. The summed E-state index contributed by atoms with van der Waals surface area (Å²) in [6.07, 6.45) is 0.559. The van der Waals surface area contributed by atoms with E-state index in [0.717, 1.165) is 11.4 Å². The third-order valence-electron chi connectivity index (χ3n) is 2.99. The molecule has 0 aliphatic heterocycles. The van der Waals surface area contributed by atoms with Crippen molar-refractivity contribution in [2.45, 2.75) is 20.3 Å². The molecule has 0 radical (unpaired) electrons. The van der Waals surface area contributed by atoms with Gasteiger partial charge in [-0.05, 0) is 38.1 Å². The molecule has 0 aliphatic rings. The molecule has 120 valence electrons. The molecule has 2 aromatic rings. The van der Waals surface area contributed by atoms with Gasteiger partial charge in [0.1, 0.15) is 11.4 Å². The first-order chi connectivity index (χ1) is 10.9. The number of nitrogens with zero attached hydrogens (tertiary/aromatic N) is 2. The molecule has 2 rings (SSSR count). The fraction of sp³-hybridized carbons (Fsp3) is 0.176. The summed E-state index contributed by atoms with van der Waals surface area (Å²) >= 11 is 24.5. The lowest BCUT2D eigenvalue weighted by Gasteiger charge is -2.06. The van der Waals surface area contributed by atoms with Crippen molar-refractivity contribution in [2.75, 3.05) is 0 Å². The molecular formula is C17H14Cl4N2. The van der Waals surface area contributed by atoms with E-state index in [1.165, 1.54) is 0 Å². The second-order valence-corrected chi connectivity index (χ2v) is 6.64. The number of benzene rings is 2. The third-order valence-corrected chi connectivity index (χ3v) is 4.21. The Balaban J connectivity index is 2.24. The van der Waals surface area contributed by atoms with Crippen LogP contribution in [0, 0.1) is 0 Å². The van der Waals surface area contributed by atoms with E-state index in [1.54, 1.807) is 36.4 Å². The van der Waals surface area contributed by atoms with Crippen molar-refractivity contribution in [1.29, 1.82) is 0 Å². The molecule has 23 heavy (non-hydrogen) atoms. The molecule has 0 N–H and O–H groups in total. The van der Waals surface area contributed by atoms with Crippen molar-refractivity contribution in [1.82, 2.24) is 0 Å². The lowest BCUT2D eigenvalue weighted by molar-refractivity contribution is 1.37. The standard InChI is InChI=1S/C17H14Cl4N2/c1-10(22-16-12(18)5-3-6-13(16)19)9-11(2)23-17-14(20)7-4-8-15(17)21/h3-8H,9H2,1-2H3. The smallest absolute Gasteiger partial charge is 0.100 e. The summed E-state index contributed by atoms with van der Waals surface area (Å²) in [5.74, 6) is 0. The quantitative estimate of drug-likeness (QED) is 0.483. The highest BCUT2D eigenvalue weighted by Gasteiger charge is 2.07. The number of halogens is 4. The average molecular weight is 388 g/mol. The van der Waals surface area contributed by atoms with Crippen LogP contribution in [0.4, 0.5) is 11.4 Å². The van der Waals surface area contributed by atoms with Crippen LogP contribution in [0.5, 0.6) is 0 Å². The Hall–Kier alpha value is -1.06. The van der Waals surface area contributed by atoms with Crippen LogP contribution >= 0.6 is 46.4 Å². The summed E-state index contributed by atoms with van der Waals surface area (Å²) in [7, 11) is 0. The van der Waals surface area contributed by atoms with Crippen LogP contribution in [0.15, 0.2) is 46.4 Å². The van der Waals surface area contributed by atoms with Gasteiger partial charge < -0.3 is 0 Å². The van der Waals surface area contributed by atoms with Crippen LogP contribution in [-0.4, -0.2) is 11.4 Å². The first kappa shape index (κ1) is 18.3. The third kappa shape index (κ3) is 4.95. The molecule has 0 saturated heterocycles. The van der Waals surface area contributed by atoms with Gasteiger partial charge in [-0.3, -0.25) is 9.98 Å². The second-order valence-electron chi connectivity index (χ2n) is 5.01. The van der Waals surface area contributed by atoms with Gasteiger partial charge in [0, 0.05) is 17.8 Å². The molecular weight excluding hydrogens is 374 g/mol. The monoisotopic (exact) mass is 386 g/mol. The van der Waals surface area contributed by atoms with Crippen molar-refractivity contribution >= 4 is 69.2 Å². The summed E-state index contributed by atoms with van der Waals surface area (Å²) in [6.45, 7) is 3.79. The Labute approximate surface area is 155 Å². The zero-order valence-electron chi connectivity index (χ0n) is 12.6. The fourth-order valence-corrected chi connectivity index (χ4v) is 2.99. The summed E-state index contributed by atoms with van der Waals surface area (Å²) in [6, 6.07) is 10.6. The molecule has 0 aromatic heterocycles. The van der Waals surface area contributed by atoms with E-state index in [1.807, 2.05) is 13.8 Å². The van der Waals surface area contributed by atoms with Gasteiger partial charge in [-0.2, -0.15) is 0 Å². The van der Waals surface area contributed by atoms with Gasteiger partial charge in [0.05, 0.1) is 20.1 Å². The van der Waals surface area contributed by atoms with Crippen molar-refractivity contribution in [3.63, 3.8) is 0 Å². The minimum atomic E-state index is 0.514. The second kappa shape index (κ2) is 8.16. The zero-order valence-corrected chi connectivity index (χ0v) is 15.6. The Morgan fingerprint density at radius 3 is 1.30 bits per heavy atom. The number of hydrogen-bond acceptors (Lipinski definition) is 2. The van der Waals surface area contributed by atoms with E-state index in [9.17, 15) is 0 Å². The highest BCUT2D eigenvalue weighted by Crippen LogP contribution is 2.34. The lowest BCUT2D eigenvalue weighted by Crippen LogP contribution is -2.00. The molecule has 2 aromatic carbocycles. The number of rotatable bonds is 4. The fourth-order valence-electron chi connectivity index (χ4n) is 2.02. The first-order valence-corrected chi connectivity index (χ1v) is 8.36. The van der Waals surface area contributed by atoms with Gasteiger partial charge in [0.15, 0.2) is 0 Å². The topological polar surface area (TPSA) is 24.7 Å². The summed E-state index contributed by atoms with van der Waals surface area (Å²) < 4.78 is 0. The number of aliphatic imine (C=N–C) groups is 2. The van der Waals surface area contributed by atoms with Crippen molar-refractivity contribution in [2.24, 2.45) is 9.98 Å². The maximum Gasteiger partial charge on any atom is 0.100 e. The molecule has 0 heterocycles.